The second kappa shape index (κ2) is 8.82. The molecule has 5 heteroatoms. The number of hydrogen-bond acceptors (Lipinski definition) is 2. The first-order valence-electron chi connectivity index (χ1n) is 10.5. The van der Waals surface area contributed by atoms with E-state index in [0.717, 1.165) is 16.7 Å². The van der Waals surface area contributed by atoms with Crippen LogP contribution in [0.3, 0.4) is 0 Å². The molecule has 0 saturated carbocycles. The molecule has 0 saturated heterocycles. The topological polar surface area (TPSA) is 54.4 Å². The van der Waals surface area contributed by atoms with Crippen LogP contribution in [0.5, 0.6) is 0 Å². The average molecular weight is 418 g/mol. The minimum atomic E-state index is -0.995. The molecule has 0 radical (unpaired) electrons. The van der Waals surface area contributed by atoms with Gasteiger partial charge in [0.1, 0.15) is 18.4 Å². The fourth-order valence-corrected chi connectivity index (χ4v) is 4.77. The number of carbonyl (C=O) groups is 2. The first-order chi connectivity index (χ1) is 15.0. The van der Waals surface area contributed by atoms with Gasteiger partial charge in [-0.25, -0.2) is 13.7 Å². The van der Waals surface area contributed by atoms with Gasteiger partial charge in [0.25, 0.3) is 0 Å². The van der Waals surface area contributed by atoms with Crippen molar-refractivity contribution in [2.45, 2.75) is 31.8 Å². The third-order valence-electron chi connectivity index (χ3n) is 6.14. The van der Waals surface area contributed by atoms with Gasteiger partial charge in [-0.1, -0.05) is 66.7 Å². The summed E-state index contributed by atoms with van der Waals surface area (Å²) in [5.41, 5.74) is 3.98. The van der Waals surface area contributed by atoms with Crippen molar-refractivity contribution in [1.82, 2.24) is 0 Å². The first kappa shape index (κ1) is 20.9. The van der Waals surface area contributed by atoms with Crippen LogP contribution in [0.25, 0.3) is 0 Å². The Balaban J connectivity index is 1.88. The summed E-state index contributed by atoms with van der Waals surface area (Å²) in [7, 11) is 0. The molecule has 0 fully saturated rings. The molecule has 4 nitrogen and oxygen atoms in total. The molecule has 2 unspecified atom stereocenters. The fourth-order valence-electron chi connectivity index (χ4n) is 4.77. The van der Waals surface area contributed by atoms with Gasteiger partial charge in [-0.15, -0.1) is 0 Å². The monoisotopic (exact) mass is 418 g/mol. The van der Waals surface area contributed by atoms with Crippen LogP contribution < -0.4 is 0 Å². The molecule has 1 aliphatic rings. The molecule has 0 aliphatic carbocycles. The second-order valence-corrected chi connectivity index (χ2v) is 8.10. The Labute approximate surface area is 181 Å². The highest BCUT2D eigenvalue weighted by atomic mass is 19.1. The molecule has 3 aromatic carbocycles. The number of rotatable bonds is 6. The van der Waals surface area contributed by atoms with Crippen LogP contribution in [-0.4, -0.2) is 28.0 Å². The summed E-state index contributed by atoms with van der Waals surface area (Å²) in [5.74, 6) is -1.47. The van der Waals surface area contributed by atoms with Gasteiger partial charge >= 0.3 is 11.9 Å². The fraction of sp³-hybridized carbons (Fsp3) is 0.231. The summed E-state index contributed by atoms with van der Waals surface area (Å²) in [6, 6.07) is 24.0. The molecule has 1 heterocycles. The number of amides is 1. The van der Waals surface area contributed by atoms with E-state index in [-0.39, 0.29) is 35.1 Å². The number of benzene rings is 3. The zero-order valence-electron chi connectivity index (χ0n) is 17.2. The minimum Gasteiger partial charge on any atom is -0.481 e. The SMILES string of the molecule is O=C(O)CCC(=O)[N+]1(Cc2cccc(F)c2)CCc2ccccc2C1c1ccccc1. The maximum Gasteiger partial charge on any atom is 0.315 e. The van der Waals surface area contributed by atoms with Crippen LogP contribution in [0.2, 0.25) is 0 Å². The van der Waals surface area contributed by atoms with Gasteiger partial charge in [-0.2, -0.15) is 0 Å². The molecule has 3 aromatic rings. The standard InChI is InChI=1S/C26H24FNO3/c27-22-11-6-7-19(17-22)18-28(24(29)13-14-25(30)31)16-15-20-8-4-5-12-23(20)26(28)21-9-2-1-3-10-21/h1-12,17,26H,13-16,18H2/p+1. The highest BCUT2D eigenvalue weighted by molar-refractivity contribution is 5.77. The molecule has 0 spiro atoms. The van der Waals surface area contributed by atoms with E-state index in [1.54, 1.807) is 6.07 Å². The van der Waals surface area contributed by atoms with E-state index < -0.39 is 5.97 Å². The lowest BCUT2D eigenvalue weighted by atomic mass is 9.84. The molecule has 2 atom stereocenters. The zero-order valence-corrected chi connectivity index (χ0v) is 17.2. The molecule has 1 amide bonds. The van der Waals surface area contributed by atoms with Crippen molar-refractivity contribution in [1.29, 1.82) is 0 Å². The van der Waals surface area contributed by atoms with E-state index in [1.165, 1.54) is 17.7 Å². The molecular formula is C26H25FNO3+. The Morgan fingerprint density at radius 1 is 0.935 bits per heavy atom. The van der Waals surface area contributed by atoms with Gasteiger partial charge in [0.2, 0.25) is 0 Å². The number of halogens is 1. The van der Waals surface area contributed by atoms with E-state index in [1.807, 2.05) is 48.5 Å². The van der Waals surface area contributed by atoms with Crippen LogP contribution in [0.4, 0.5) is 4.39 Å². The predicted molar refractivity (Wildman–Crippen MR) is 116 cm³/mol. The van der Waals surface area contributed by atoms with Gasteiger partial charge in [0, 0.05) is 23.1 Å². The van der Waals surface area contributed by atoms with Crippen molar-refractivity contribution in [3.05, 3.63) is 107 Å². The van der Waals surface area contributed by atoms with Gasteiger partial charge in [0.15, 0.2) is 0 Å². The molecule has 1 N–H and O–H groups in total. The summed E-state index contributed by atoms with van der Waals surface area (Å²) in [5, 5.41) is 9.20. The molecule has 158 valence electrons. The second-order valence-electron chi connectivity index (χ2n) is 8.10. The van der Waals surface area contributed by atoms with Gasteiger partial charge < -0.3 is 5.11 Å². The minimum absolute atomic E-state index is 0.0533. The highest BCUT2D eigenvalue weighted by Gasteiger charge is 2.48. The van der Waals surface area contributed by atoms with E-state index >= 15 is 0 Å². The van der Waals surface area contributed by atoms with E-state index in [0.29, 0.717) is 19.5 Å². The van der Waals surface area contributed by atoms with Crippen molar-refractivity contribution in [3.8, 4) is 0 Å². The Morgan fingerprint density at radius 3 is 2.42 bits per heavy atom. The Kier molecular flexibility index (Phi) is 5.96. The van der Waals surface area contributed by atoms with Crippen LogP contribution in [0.1, 0.15) is 41.1 Å². The number of quaternary nitrogens is 1. The molecular weight excluding hydrogens is 393 g/mol. The number of carboxylic acid groups (broad SMARTS) is 1. The van der Waals surface area contributed by atoms with E-state index in [9.17, 15) is 19.1 Å². The summed E-state index contributed by atoms with van der Waals surface area (Å²) >= 11 is 0. The van der Waals surface area contributed by atoms with Crippen LogP contribution in [0, 0.1) is 5.82 Å². The number of hydrogen-bond donors (Lipinski definition) is 1. The largest absolute Gasteiger partial charge is 0.481 e. The number of carbonyl (C=O) groups excluding carboxylic acids is 1. The third kappa shape index (κ3) is 4.28. The van der Waals surface area contributed by atoms with Crippen LogP contribution in [-0.2, 0) is 22.6 Å². The summed E-state index contributed by atoms with van der Waals surface area (Å²) in [6.07, 6.45) is 0.426. The molecule has 4 rings (SSSR count). The van der Waals surface area contributed by atoms with Crippen molar-refractivity contribution in [2.75, 3.05) is 6.54 Å². The van der Waals surface area contributed by atoms with Gasteiger partial charge in [-0.3, -0.25) is 4.79 Å². The molecule has 0 bridgehead atoms. The van der Waals surface area contributed by atoms with Crippen molar-refractivity contribution in [3.63, 3.8) is 0 Å². The summed E-state index contributed by atoms with van der Waals surface area (Å²) in [6.45, 7) is 0.843. The van der Waals surface area contributed by atoms with Crippen molar-refractivity contribution >= 4 is 11.9 Å². The lowest BCUT2D eigenvalue weighted by Crippen LogP contribution is -2.58. The molecule has 1 aliphatic heterocycles. The third-order valence-corrected chi connectivity index (χ3v) is 6.14. The quantitative estimate of drug-likeness (QED) is 0.581. The first-order valence-corrected chi connectivity index (χ1v) is 10.5. The number of fused-ring (bicyclic) bond motifs is 1. The number of aliphatic carboxylic acids is 1. The van der Waals surface area contributed by atoms with E-state index in [4.69, 9.17) is 0 Å². The van der Waals surface area contributed by atoms with Crippen molar-refractivity contribution < 1.29 is 23.6 Å². The lowest BCUT2D eigenvalue weighted by molar-refractivity contribution is -0.895. The maximum atomic E-state index is 14.0. The zero-order chi connectivity index (χ0) is 21.8. The number of nitrogens with zero attached hydrogens (tertiary/aromatic N) is 1. The Hall–Kier alpha value is -3.31. The molecule has 0 aromatic heterocycles. The number of carboxylic acids is 1. The molecule has 31 heavy (non-hydrogen) atoms. The van der Waals surface area contributed by atoms with Gasteiger partial charge in [0.05, 0.1) is 19.4 Å². The van der Waals surface area contributed by atoms with Crippen molar-refractivity contribution in [2.24, 2.45) is 0 Å². The van der Waals surface area contributed by atoms with Crippen LogP contribution >= 0.6 is 0 Å². The normalized spacial score (nSPS) is 20.1. The average Bonchev–Trinajstić information content (AvgIpc) is 2.77. The lowest BCUT2D eigenvalue weighted by Gasteiger charge is -2.46. The highest BCUT2D eigenvalue weighted by Crippen LogP contribution is 2.43. The summed E-state index contributed by atoms with van der Waals surface area (Å²) < 4.78 is 14.0. The maximum absolute atomic E-state index is 14.0. The van der Waals surface area contributed by atoms with E-state index in [2.05, 4.69) is 12.1 Å². The summed E-state index contributed by atoms with van der Waals surface area (Å²) in [4.78, 5) is 25.0. The Bertz CT molecular complexity index is 1100. The predicted octanol–water partition coefficient (Wildman–Crippen LogP) is 4.88. The smallest absolute Gasteiger partial charge is 0.315 e. The van der Waals surface area contributed by atoms with Gasteiger partial charge in [-0.05, 0) is 17.7 Å². The van der Waals surface area contributed by atoms with Crippen LogP contribution in [0.15, 0.2) is 78.9 Å². The Morgan fingerprint density at radius 2 is 1.68 bits per heavy atom.